The van der Waals surface area contributed by atoms with Crippen LogP contribution in [0.25, 0.3) is 11.3 Å². The summed E-state index contributed by atoms with van der Waals surface area (Å²) in [5.41, 5.74) is 2.53. The van der Waals surface area contributed by atoms with Crippen molar-refractivity contribution in [3.63, 3.8) is 0 Å². The number of nitrogens with zero attached hydrogens (tertiary/aromatic N) is 2. The topological polar surface area (TPSA) is 79.7 Å². The van der Waals surface area contributed by atoms with Gasteiger partial charge in [0.1, 0.15) is 11.4 Å². The van der Waals surface area contributed by atoms with Crippen molar-refractivity contribution < 1.29 is 19.4 Å². The number of carbonyl (C=O) groups excluding carboxylic acids is 2. The highest BCUT2D eigenvalue weighted by atomic mass is 16.5. The average molecular weight is 445 g/mol. The number of piperidine rings is 1. The zero-order valence-electron chi connectivity index (χ0n) is 18.6. The van der Waals surface area contributed by atoms with Gasteiger partial charge in [-0.15, -0.1) is 0 Å². The van der Waals surface area contributed by atoms with Crippen molar-refractivity contribution in [2.75, 3.05) is 19.6 Å². The zero-order chi connectivity index (χ0) is 22.6. The van der Waals surface area contributed by atoms with E-state index < -0.39 is 11.7 Å². The maximum atomic E-state index is 13.8. The molecule has 0 amide bonds. The molecule has 0 spiro atoms. The molecule has 1 N–H and O–H groups in total. The number of ether oxygens (including phenoxy) is 1. The number of benzene rings is 1. The van der Waals surface area contributed by atoms with Gasteiger partial charge >= 0.3 is 0 Å². The highest BCUT2D eigenvalue weighted by molar-refractivity contribution is 6.31. The molecule has 4 aliphatic rings. The lowest BCUT2D eigenvalue weighted by atomic mass is 9.82. The Labute approximate surface area is 193 Å². The molecule has 2 aliphatic heterocycles. The van der Waals surface area contributed by atoms with Crippen LogP contribution < -0.4 is 0 Å². The number of aliphatic hydroxyl groups is 1. The average Bonchev–Trinajstić information content (AvgIpc) is 3.48. The number of ketones is 2. The van der Waals surface area contributed by atoms with Crippen molar-refractivity contribution >= 4 is 22.9 Å². The van der Waals surface area contributed by atoms with Crippen molar-refractivity contribution in [2.45, 2.75) is 50.2 Å². The molecule has 3 heterocycles. The van der Waals surface area contributed by atoms with Crippen LogP contribution in [-0.2, 0) is 16.0 Å². The van der Waals surface area contributed by atoms with Crippen molar-refractivity contribution in [3.05, 3.63) is 65.0 Å². The van der Waals surface area contributed by atoms with E-state index in [2.05, 4.69) is 9.88 Å². The fraction of sp³-hybridized carbons (Fsp3) is 0.444. The van der Waals surface area contributed by atoms with E-state index in [1.54, 1.807) is 12.4 Å². The Morgan fingerprint density at radius 3 is 2.52 bits per heavy atom. The standard InChI is InChI=1S/C27H28N2O4/c30-22-6-4-19-15-20(3-5-21(19)22)23-24(31)26(33-25(23)18-7-11-28-12-8-18)27(32)9-13-29(14-10-27)16-17-1-2-17/h3,5,7-8,11-12,15,17,26,32H,1-2,4,6,9-10,13-14,16H2. The first-order valence-corrected chi connectivity index (χ1v) is 12.0. The summed E-state index contributed by atoms with van der Waals surface area (Å²) in [7, 11) is 0. The summed E-state index contributed by atoms with van der Waals surface area (Å²) in [6.45, 7) is 2.65. The van der Waals surface area contributed by atoms with E-state index in [9.17, 15) is 14.7 Å². The summed E-state index contributed by atoms with van der Waals surface area (Å²) >= 11 is 0. The molecule has 1 saturated carbocycles. The molecular formula is C27H28N2O4. The zero-order valence-corrected chi connectivity index (χ0v) is 18.6. The van der Waals surface area contributed by atoms with Crippen LogP contribution in [0.3, 0.4) is 0 Å². The highest BCUT2D eigenvalue weighted by Crippen LogP contribution is 2.43. The van der Waals surface area contributed by atoms with E-state index in [1.165, 1.54) is 12.8 Å². The number of hydrogen-bond donors (Lipinski definition) is 1. The molecule has 1 aromatic heterocycles. The number of pyridine rings is 1. The second kappa shape index (κ2) is 7.89. The monoisotopic (exact) mass is 444 g/mol. The normalized spacial score (nSPS) is 24.8. The lowest BCUT2D eigenvalue weighted by Gasteiger charge is -2.40. The van der Waals surface area contributed by atoms with Gasteiger partial charge in [-0.05, 0) is 61.3 Å². The second-order valence-electron chi connectivity index (χ2n) is 9.94. The number of rotatable bonds is 5. The first kappa shape index (κ1) is 20.8. The van der Waals surface area contributed by atoms with E-state index in [0.29, 0.717) is 37.0 Å². The molecule has 1 atom stereocenters. The number of fused-ring (bicyclic) bond motifs is 1. The SMILES string of the molecule is O=C1CCc2cc(C3=C(c4ccncc4)OC(C4(O)CCN(CC5CC5)CC4)C3=O)ccc21. The lowest BCUT2D eigenvalue weighted by Crippen LogP contribution is -2.54. The fourth-order valence-electron chi connectivity index (χ4n) is 5.48. The van der Waals surface area contributed by atoms with E-state index in [-0.39, 0.29) is 11.6 Å². The molecule has 6 nitrogen and oxygen atoms in total. The summed E-state index contributed by atoms with van der Waals surface area (Å²) in [4.78, 5) is 32.4. The quantitative estimate of drug-likeness (QED) is 0.763. The van der Waals surface area contributed by atoms with Crippen molar-refractivity contribution in [2.24, 2.45) is 5.92 Å². The minimum absolute atomic E-state index is 0.152. The number of likely N-dealkylation sites (tertiary alicyclic amines) is 1. The Bertz CT molecular complexity index is 1140. The smallest absolute Gasteiger partial charge is 0.210 e. The molecular weight excluding hydrogens is 416 g/mol. The first-order valence-electron chi connectivity index (χ1n) is 12.0. The molecule has 0 radical (unpaired) electrons. The van der Waals surface area contributed by atoms with Gasteiger partial charge < -0.3 is 14.7 Å². The lowest BCUT2D eigenvalue weighted by molar-refractivity contribution is -0.141. The van der Waals surface area contributed by atoms with Crippen molar-refractivity contribution in [3.8, 4) is 0 Å². The number of aryl methyl sites for hydroxylation is 1. The molecule has 33 heavy (non-hydrogen) atoms. The third-order valence-corrected chi connectivity index (χ3v) is 7.63. The third kappa shape index (κ3) is 3.71. The molecule has 2 aromatic rings. The van der Waals surface area contributed by atoms with Crippen LogP contribution in [0.15, 0.2) is 42.7 Å². The second-order valence-corrected chi connectivity index (χ2v) is 9.94. The van der Waals surface area contributed by atoms with Gasteiger partial charge in [-0.3, -0.25) is 14.6 Å². The van der Waals surface area contributed by atoms with Gasteiger partial charge in [0.05, 0.1) is 5.57 Å². The Balaban J connectivity index is 1.33. The number of aromatic nitrogens is 1. The molecule has 2 fully saturated rings. The molecule has 1 unspecified atom stereocenters. The van der Waals surface area contributed by atoms with E-state index >= 15 is 0 Å². The van der Waals surface area contributed by atoms with Crippen LogP contribution in [0, 0.1) is 5.92 Å². The van der Waals surface area contributed by atoms with E-state index in [1.807, 2.05) is 30.3 Å². The van der Waals surface area contributed by atoms with Crippen LogP contribution in [0.1, 0.15) is 59.2 Å². The van der Waals surface area contributed by atoms with Crippen LogP contribution in [-0.4, -0.2) is 57.9 Å². The maximum Gasteiger partial charge on any atom is 0.210 e. The Morgan fingerprint density at radius 2 is 1.79 bits per heavy atom. The first-order chi connectivity index (χ1) is 16.0. The van der Waals surface area contributed by atoms with Gasteiger partial charge in [-0.25, -0.2) is 0 Å². The van der Waals surface area contributed by atoms with Gasteiger partial charge in [0.2, 0.25) is 5.78 Å². The minimum Gasteiger partial charge on any atom is -0.478 e. The van der Waals surface area contributed by atoms with Gasteiger partial charge in [-0.1, -0.05) is 18.2 Å². The van der Waals surface area contributed by atoms with Gasteiger partial charge in [0, 0.05) is 49.6 Å². The summed E-state index contributed by atoms with van der Waals surface area (Å²) in [6, 6.07) is 9.25. The minimum atomic E-state index is -1.19. The molecule has 170 valence electrons. The molecule has 1 aromatic carbocycles. The molecule has 0 bridgehead atoms. The summed E-state index contributed by atoms with van der Waals surface area (Å²) < 4.78 is 6.31. The van der Waals surface area contributed by atoms with Crippen molar-refractivity contribution in [1.29, 1.82) is 0 Å². The van der Waals surface area contributed by atoms with E-state index in [0.717, 1.165) is 47.8 Å². The number of carbonyl (C=O) groups is 2. The molecule has 1 saturated heterocycles. The van der Waals surface area contributed by atoms with Gasteiger partial charge in [0.15, 0.2) is 11.9 Å². The summed E-state index contributed by atoms with van der Waals surface area (Å²) in [5, 5.41) is 11.6. The maximum absolute atomic E-state index is 13.8. The van der Waals surface area contributed by atoms with Gasteiger partial charge in [0.25, 0.3) is 0 Å². The Hall–Kier alpha value is -2.83. The molecule has 6 heteroatoms. The number of hydrogen-bond acceptors (Lipinski definition) is 6. The Morgan fingerprint density at radius 1 is 1.03 bits per heavy atom. The summed E-state index contributed by atoms with van der Waals surface area (Å²) in [6.07, 6.45) is 7.28. The predicted molar refractivity (Wildman–Crippen MR) is 123 cm³/mol. The van der Waals surface area contributed by atoms with Crippen LogP contribution in [0.2, 0.25) is 0 Å². The largest absolute Gasteiger partial charge is 0.478 e. The Kier molecular flexibility index (Phi) is 4.96. The van der Waals surface area contributed by atoms with Gasteiger partial charge in [-0.2, -0.15) is 0 Å². The predicted octanol–water partition coefficient (Wildman–Crippen LogP) is 3.28. The molecule has 2 aliphatic carbocycles. The molecule has 6 rings (SSSR count). The fourth-order valence-corrected chi connectivity index (χ4v) is 5.48. The third-order valence-electron chi connectivity index (χ3n) is 7.63. The van der Waals surface area contributed by atoms with Crippen LogP contribution in [0.5, 0.6) is 0 Å². The summed E-state index contributed by atoms with van der Waals surface area (Å²) in [5.74, 6) is 1.27. The van der Waals surface area contributed by atoms with Crippen LogP contribution in [0.4, 0.5) is 0 Å². The van der Waals surface area contributed by atoms with E-state index in [4.69, 9.17) is 4.74 Å². The van der Waals surface area contributed by atoms with Crippen LogP contribution >= 0.6 is 0 Å². The highest BCUT2D eigenvalue weighted by Gasteiger charge is 2.51. The number of Topliss-reactive ketones (excluding diaryl/α,β-unsaturated/α-hetero) is 2. The van der Waals surface area contributed by atoms with Crippen molar-refractivity contribution in [1.82, 2.24) is 9.88 Å².